The van der Waals surface area contributed by atoms with Crippen molar-refractivity contribution in [2.24, 2.45) is 4.99 Å². The van der Waals surface area contributed by atoms with Gasteiger partial charge in [0, 0.05) is 23.2 Å². The van der Waals surface area contributed by atoms with Gasteiger partial charge in [0.2, 0.25) is 0 Å². The van der Waals surface area contributed by atoms with E-state index in [1.165, 1.54) is 0 Å². The summed E-state index contributed by atoms with van der Waals surface area (Å²) < 4.78 is 5.16. The molecule has 0 fully saturated rings. The Labute approximate surface area is 203 Å². The van der Waals surface area contributed by atoms with Crippen LogP contribution < -0.4 is 15.4 Å². The Balaban J connectivity index is 1.54. The molecule has 3 aromatic rings. The van der Waals surface area contributed by atoms with Crippen LogP contribution in [-0.4, -0.2) is 31.3 Å². The molecule has 0 spiro atoms. The van der Waals surface area contributed by atoms with E-state index in [1.54, 1.807) is 37.4 Å². The lowest BCUT2D eigenvalue weighted by Crippen LogP contribution is -2.30. The molecule has 0 atom stereocenters. The lowest BCUT2D eigenvalue weighted by Gasteiger charge is -2.08. The van der Waals surface area contributed by atoms with Gasteiger partial charge in [0.05, 0.1) is 12.8 Å². The Morgan fingerprint density at radius 2 is 1.66 bits per heavy atom. The third-order valence-electron chi connectivity index (χ3n) is 5.72. The van der Waals surface area contributed by atoms with Gasteiger partial charge in [-0.25, -0.2) is 4.99 Å². The van der Waals surface area contributed by atoms with Crippen LogP contribution in [0.5, 0.6) is 5.75 Å². The number of aryl methyl sites for hydroxylation is 1. The third-order valence-corrected chi connectivity index (χ3v) is 5.72. The van der Waals surface area contributed by atoms with Crippen molar-refractivity contribution in [1.29, 1.82) is 5.26 Å². The number of fused-ring (bicyclic) bond motifs is 1. The fourth-order valence-electron chi connectivity index (χ4n) is 3.83. The van der Waals surface area contributed by atoms with Crippen molar-refractivity contribution in [3.05, 3.63) is 106 Å². The summed E-state index contributed by atoms with van der Waals surface area (Å²) in [5.74, 6) is 0.251. The van der Waals surface area contributed by atoms with Gasteiger partial charge >= 0.3 is 0 Å². The maximum atomic E-state index is 12.9. The number of methoxy groups -OCH3 is 1. The minimum atomic E-state index is -0.513. The summed E-state index contributed by atoms with van der Waals surface area (Å²) in [4.78, 5) is 30.3. The number of nitrogens with zero attached hydrogens (tertiary/aromatic N) is 2. The van der Waals surface area contributed by atoms with Crippen molar-refractivity contribution in [2.75, 3.05) is 13.7 Å². The van der Waals surface area contributed by atoms with Crippen LogP contribution in [0, 0.1) is 18.3 Å². The number of hydrogen-bond acceptors (Lipinski definition) is 5. The molecular weight excluding hydrogens is 440 g/mol. The molecule has 1 aliphatic rings. The summed E-state index contributed by atoms with van der Waals surface area (Å²) in [5, 5.41) is 15.4. The zero-order valence-electron chi connectivity index (χ0n) is 19.5. The highest BCUT2D eigenvalue weighted by Gasteiger charge is 2.27. The van der Waals surface area contributed by atoms with Gasteiger partial charge in [0.15, 0.2) is 0 Å². The Bertz CT molecular complexity index is 1380. The SMILES string of the molecule is COc1ccc(CCNC(=O)C(C#N)=C2N=C(NC(=O)c3ccccc3C)c3ccccc32)cc1. The number of ether oxygens (including phenoxy) is 1. The number of benzene rings is 3. The maximum absolute atomic E-state index is 12.9. The third kappa shape index (κ3) is 5.12. The highest BCUT2D eigenvalue weighted by molar-refractivity contribution is 6.20. The molecular formula is C28H24N4O3. The molecule has 7 nitrogen and oxygen atoms in total. The Morgan fingerprint density at radius 1 is 0.971 bits per heavy atom. The summed E-state index contributed by atoms with van der Waals surface area (Å²) in [6.45, 7) is 2.21. The maximum Gasteiger partial charge on any atom is 0.264 e. The second kappa shape index (κ2) is 10.5. The Morgan fingerprint density at radius 3 is 2.34 bits per heavy atom. The number of nitriles is 1. The van der Waals surface area contributed by atoms with Gasteiger partial charge in [-0.05, 0) is 42.7 Å². The quantitative estimate of drug-likeness (QED) is 0.428. The zero-order chi connectivity index (χ0) is 24.8. The highest BCUT2D eigenvalue weighted by Crippen LogP contribution is 2.30. The molecule has 0 saturated carbocycles. The van der Waals surface area contributed by atoms with Crippen LogP contribution in [0.15, 0.2) is 83.4 Å². The van der Waals surface area contributed by atoms with Gasteiger partial charge in [-0.3, -0.25) is 9.59 Å². The Hall–Kier alpha value is -4.70. The zero-order valence-corrected chi connectivity index (χ0v) is 19.5. The number of carbonyl (C=O) groups excluding carboxylic acids is 2. The summed E-state index contributed by atoms with van der Waals surface area (Å²) >= 11 is 0. The average molecular weight is 465 g/mol. The molecule has 1 heterocycles. The number of aliphatic imine (C=N–C) groups is 1. The molecule has 0 radical (unpaired) electrons. The molecule has 7 heteroatoms. The predicted octanol–water partition coefficient (Wildman–Crippen LogP) is 3.79. The first kappa shape index (κ1) is 23.5. The first-order chi connectivity index (χ1) is 17.0. The van der Waals surface area contributed by atoms with Crippen LogP contribution >= 0.6 is 0 Å². The van der Waals surface area contributed by atoms with E-state index in [-0.39, 0.29) is 17.2 Å². The van der Waals surface area contributed by atoms with Crippen LogP contribution in [0.2, 0.25) is 0 Å². The average Bonchev–Trinajstić information content (AvgIpc) is 3.23. The molecule has 4 rings (SSSR count). The van der Waals surface area contributed by atoms with Gasteiger partial charge in [-0.2, -0.15) is 5.26 Å². The van der Waals surface area contributed by atoms with Crippen molar-refractivity contribution in [3.8, 4) is 11.8 Å². The second-order valence-electron chi connectivity index (χ2n) is 7.96. The fourth-order valence-corrected chi connectivity index (χ4v) is 3.83. The van der Waals surface area contributed by atoms with E-state index in [2.05, 4.69) is 15.6 Å². The molecule has 0 aliphatic carbocycles. The summed E-state index contributed by atoms with van der Waals surface area (Å²) in [6, 6.07) is 24.0. The number of amides is 2. The van der Waals surface area contributed by atoms with E-state index in [9.17, 15) is 14.9 Å². The van der Waals surface area contributed by atoms with Gasteiger partial charge in [0.1, 0.15) is 23.2 Å². The number of rotatable bonds is 6. The van der Waals surface area contributed by atoms with Crippen molar-refractivity contribution in [1.82, 2.24) is 10.6 Å². The molecule has 0 bridgehead atoms. The molecule has 2 N–H and O–H groups in total. The van der Waals surface area contributed by atoms with Crippen LogP contribution in [0.1, 0.15) is 32.6 Å². The first-order valence-corrected chi connectivity index (χ1v) is 11.1. The molecule has 0 aromatic heterocycles. The van der Waals surface area contributed by atoms with E-state index in [0.29, 0.717) is 35.5 Å². The number of carbonyl (C=O) groups is 2. The first-order valence-electron chi connectivity index (χ1n) is 11.1. The van der Waals surface area contributed by atoms with Crippen LogP contribution in [0.4, 0.5) is 0 Å². The number of hydrogen-bond donors (Lipinski definition) is 2. The van der Waals surface area contributed by atoms with Gasteiger partial charge < -0.3 is 15.4 Å². The van der Waals surface area contributed by atoms with E-state index in [0.717, 1.165) is 16.9 Å². The Kier molecular flexibility index (Phi) is 7.03. The fraction of sp³-hybridized carbons (Fsp3) is 0.143. The second-order valence-corrected chi connectivity index (χ2v) is 7.96. The van der Waals surface area contributed by atoms with E-state index >= 15 is 0 Å². The van der Waals surface area contributed by atoms with Crippen molar-refractivity contribution in [2.45, 2.75) is 13.3 Å². The van der Waals surface area contributed by atoms with Gasteiger partial charge in [-0.1, -0.05) is 54.6 Å². The van der Waals surface area contributed by atoms with Gasteiger partial charge in [0.25, 0.3) is 11.8 Å². The summed E-state index contributed by atoms with van der Waals surface area (Å²) in [7, 11) is 1.61. The molecule has 35 heavy (non-hydrogen) atoms. The monoisotopic (exact) mass is 464 g/mol. The van der Waals surface area contributed by atoms with Crippen LogP contribution in [0.3, 0.4) is 0 Å². The molecule has 0 saturated heterocycles. The van der Waals surface area contributed by atoms with Gasteiger partial charge in [-0.15, -0.1) is 0 Å². The summed E-state index contributed by atoms with van der Waals surface area (Å²) in [6.07, 6.45) is 0.599. The number of amidine groups is 1. The van der Waals surface area contributed by atoms with E-state index < -0.39 is 5.91 Å². The minimum absolute atomic E-state index is 0.104. The van der Waals surface area contributed by atoms with Crippen molar-refractivity contribution >= 4 is 23.3 Å². The van der Waals surface area contributed by atoms with Crippen molar-refractivity contribution in [3.63, 3.8) is 0 Å². The molecule has 2 amide bonds. The van der Waals surface area contributed by atoms with E-state index in [4.69, 9.17) is 4.74 Å². The highest BCUT2D eigenvalue weighted by atomic mass is 16.5. The lowest BCUT2D eigenvalue weighted by molar-refractivity contribution is -0.117. The lowest BCUT2D eigenvalue weighted by atomic mass is 10.0. The smallest absolute Gasteiger partial charge is 0.264 e. The van der Waals surface area contributed by atoms with E-state index in [1.807, 2.05) is 55.5 Å². The van der Waals surface area contributed by atoms with Crippen molar-refractivity contribution < 1.29 is 14.3 Å². The molecule has 0 unspecified atom stereocenters. The molecule has 174 valence electrons. The predicted molar refractivity (Wildman–Crippen MR) is 134 cm³/mol. The largest absolute Gasteiger partial charge is 0.497 e. The van der Waals surface area contributed by atoms with Crippen LogP contribution in [-0.2, 0) is 11.2 Å². The molecule has 1 aliphatic heterocycles. The standard InChI is InChI=1S/C28H24N4O3/c1-18-7-3-4-8-21(18)28(34)32-26-23-10-6-5-9-22(23)25(31-26)24(17-29)27(33)30-16-15-19-11-13-20(35-2)14-12-19/h3-14H,15-16H2,1-2H3,(H,30,33)(H,31,32,34). The summed E-state index contributed by atoms with van der Waals surface area (Å²) in [5.41, 5.74) is 3.81. The molecule has 3 aromatic carbocycles. The topological polar surface area (TPSA) is 104 Å². The number of nitrogens with one attached hydrogen (secondary N) is 2. The normalized spacial score (nSPS) is 13.2. The van der Waals surface area contributed by atoms with Crippen LogP contribution in [0.25, 0.3) is 5.70 Å². The minimum Gasteiger partial charge on any atom is -0.497 e.